The number of hydrogen-bond donors (Lipinski definition) is 0. The maximum Gasteiger partial charge on any atom is 0.308 e. The fourth-order valence-electron chi connectivity index (χ4n) is 3.15. The molecule has 0 saturated heterocycles. The Morgan fingerprint density at radius 1 is 1.36 bits per heavy atom. The van der Waals surface area contributed by atoms with Crippen LogP contribution >= 0.6 is 0 Å². The van der Waals surface area contributed by atoms with Crippen LogP contribution in [0, 0.1) is 16.0 Å². The Hall–Kier alpha value is -2.00. The molecule has 0 amide bonds. The van der Waals surface area contributed by atoms with Crippen LogP contribution in [0.25, 0.3) is 0 Å². The van der Waals surface area contributed by atoms with E-state index in [1.807, 2.05) is 0 Å². The van der Waals surface area contributed by atoms with E-state index in [2.05, 4.69) is 0 Å². The summed E-state index contributed by atoms with van der Waals surface area (Å²) in [6.07, 6.45) is 2.32. The van der Waals surface area contributed by atoms with Crippen molar-refractivity contribution in [2.24, 2.45) is 5.92 Å². The molecule has 1 aromatic carbocycles. The Morgan fingerprint density at radius 2 is 2.04 bits per heavy atom. The van der Waals surface area contributed by atoms with Crippen molar-refractivity contribution in [3.8, 4) is 0 Å². The van der Waals surface area contributed by atoms with Gasteiger partial charge in [-0.25, -0.2) is 8.42 Å². The lowest BCUT2D eigenvalue weighted by Crippen LogP contribution is -2.41. The van der Waals surface area contributed by atoms with Crippen molar-refractivity contribution < 1.29 is 22.9 Å². The molecule has 9 heteroatoms. The summed E-state index contributed by atoms with van der Waals surface area (Å²) in [7, 11) is -2.63. The predicted octanol–water partition coefficient (Wildman–Crippen LogP) is 2.34. The number of ether oxygens (including phenoxy) is 1. The smallest absolute Gasteiger partial charge is 0.308 e. The molecule has 0 N–H and O–H groups in total. The van der Waals surface area contributed by atoms with E-state index in [0.717, 1.165) is 4.31 Å². The van der Waals surface area contributed by atoms with E-state index in [4.69, 9.17) is 4.74 Å². The van der Waals surface area contributed by atoms with Gasteiger partial charge in [-0.3, -0.25) is 14.9 Å². The molecule has 0 bridgehead atoms. The topological polar surface area (TPSA) is 107 Å². The highest BCUT2D eigenvalue weighted by molar-refractivity contribution is 7.89. The average Bonchev–Trinajstić information content (AvgIpc) is 2.61. The normalized spacial score (nSPS) is 21.1. The first kappa shape index (κ1) is 19.3. The number of para-hydroxylation sites is 1. The van der Waals surface area contributed by atoms with Gasteiger partial charge in [0.1, 0.15) is 0 Å². The van der Waals surface area contributed by atoms with Crippen LogP contribution in [-0.2, 0) is 19.6 Å². The summed E-state index contributed by atoms with van der Waals surface area (Å²) >= 11 is 0. The van der Waals surface area contributed by atoms with E-state index in [0.29, 0.717) is 25.7 Å². The fraction of sp³-hybridized carbons (Fsp3) is 0.562. The maximum atomic E-state index is 12.9. The SMILES string of the molecule is CCOC(=O)[C@H]1CCC[C@@H](N(C)S(=O)(=O)c2ccccc2[N+](=O)[O-])C1. The van der Waals surface area contributed by atoms with Crippen LogP contribution in [0.5, 0.6) is 0 Å². The van der Waals surface area contributed by atoms with Crippen molar-refractivity contribution in [1.82, 2.24) is 4.31 Å². The molecule has 8 nitrogen and oxygen atoms in total. The van der Waals surface area contributed by atoms with Crippen molar-refractivity contribution in [2.45, 2.75) is 43.5 Å². The molecule has 0 aromatic heterocycles. The zero-order valence-electron chi connectivity index (χ0n) is 14.3. The van der Waals surface area contributed by atoms with Crippen LogP contribution in [-0.4, -0.2) is 43.3 Å². The van der Waals surface area contributed by atoms with Gasteiger partial charge in [0.15, 0.2) is 4.90 Å². The van der Waals surface area contributed by atoms with E-state index in [-0.39, 0.29) is 23.4 Å². The zero-order chi connectivity index (χ0) is 18.6. The van der Waals surface area contributed by atoms with Crippen LogP contribution in [0.15, 0.2) is 29.2 Å². The second-order valence-electron chi connectivity index (χ2n) is 6.02. The quantitative estimate of drug-likeness (QED) is 0.432. The minimum atomic E-state index is -4.04. The number of nitro benzene ring substituents is 1. The van der Waals surface area contributed by atoms with Gasteiger partial charge in [0.05, 0.1) is 17.4 Å². The highest BCUT2D eigenvalue weighted by atomic mass is 32.2. The van der Waals surface area contributed by atoms with E-state index < -0.39 is 26.7 Å². The molecule has 0 aliphatic heterocycles. The summed E-state index contributed by atoms with van der Waals surface area (Å²) in [6, 6.07) is 4.89. The molecule has 0 radical (unpaired) electrons. The number of benzene rings is 1. The summed E-state index contributed by atoms with van der Waals surface area (Å²) in [4.78, 5) is 22.1. The third-order valence-corrected chi connectivity index (χ3v) is 6.46. The molecule has 0 unspecified atom stereocenters. The van der Waals surface area contributed by atoms with Crippen molar-refractivity contribution in [2.75, 3.05) is 13.7 Å². The highest BCUT2D eigenvalue weighted by Gasteiger charge is 2.37. The number of nitrogens with zero attached hydrogens (tertiary/aromatic N) is 2. The molecular weight excluding hydrogens is 348 g/mol. The Bertz CT molecular complexity index is 749. The lowest BCUT2D eigenvalue weighted by molar-refractivity contribution is -0.387. The lowest BCUT2D eigenvalue weighted by atomic mass is 9.86. The lowest BCUT2D eigenvalue weighted by Gasteiger charge is -2.33. The molecule has 138 valence electrons. The van der Waals surface area contributed by atoms with Crippen LogP contribution < -0.4 is 0 Å². The van der Waals surface area contributed by atoms with Gasteiger partial charge in [-0.15, -0.1) is 0 Å². The molecular formula is C16H22N2O6S. The van der Waals surface area contributed by atoms with Gasteiger partial charge in [-0.1, -0.05) is 18.6 Å². The molecule has 0 heterocycles. The van der Waals surface area contributed by atoms with E-state index in [1.54, 1.807) is 6.92 Å². The first-order valence-electron chi connectivity index (χ1n) is 8.17. The number of hydrogen-bond acceptors (Lipinski definition) is 6. The first-order valence-corrected chi connectivity index (χ1v) is 9.61. The Morgan fingerprint density at radius 3 is 2.68 bits per heavy atom. The predicted molar refractivity (Wildman–Crippen MR) is 90.4 cm³/mol. The highest BCUT2D eigenvalue weighted by Crippen LogP contribution is 2.33. The van der Waals surface area contributed by atoms with Crippen LogP contribution in [0.4, 0.5) is 5.69 Å². The molecule has 2 atom stereocenters. The fourth-order valence-corrected chi connectivity index (χ4v) is 4.70. The Labute approximate surface area is 147 Å². The number of carbonyl (C=O) groups excluding carboxylic acids is 1. The van der Waals surface area contributed by atoms with Gasteiger partial charge in [-0.2, -0.15) is 4.31 Å². The molecule has 0 spiro atoms. The molecule has 1 saturated carbocycles. The van der Waals surface area contributed by atoms with Gasteiger partial charge < -0.3 is 4.74 Å². The number of nitro groups is 1. The second kappa shape index (κ2) is 7.92. The van der Waals surface area contributed by atoms with E-state index in [1.165, 1.54) is 31.3 Å². The number of esters is 1. The van der Waals surface area contributed by atoms with Gasteiger partial charge >= 0.3 is 5.97 Å². The van der Waals surface area contributed by atoms with Gasteiger partial charge in [-0.05, 0) is 32.3 Å². The van der Waals surface area contributed by atoms with Crippen LogP contribution in [0.1, 0.15) is 32.6 Å². The van der Waals surface area contributed by atoms with Crippen molar-refractivity contribution in [3.63, 3.8) is 0 Å². The molecule has 1 aliphatic carbocycles. The molecule has 1 aromatic rings. The molecule has 1 fully saturated rings. The Kier molecular flexibility index (Phi) is 6.12. The van der Waals surface area contributed by atoms with Gasteiger partial charge in [0, 0.05) is 19.2 Å². The summed E-state index contributed by atoms with van der Waals surface area (Å²) in [5.41, 5.74) is -0.452. The third-order valence-electron chi connectivity index (χ3n) is 4.50. The minimum absolute atomic E-state index is 0.282. The number of carbonyl (C=O) groups is 1. The average molecular weight is 370 g/mol. The second-order valence-corrected chi connectivity index (χ2v) is 7.98. The minimum Gasteiger partial charge on any atom is -0.466 e. The van der Waals surface area contributed by atoms with Crippen LogP contribution in [0.3, 0.4) is 0 Å². The molecule has 1 aliphatic rings. The summed E-state index contributed by atoms with van der Waals surface area (Å²) < 4.78 is 31.9. The van der Waals surface area contributed by atoms with Gasteiger partial charge in [0.25, 0.3) is 5.69 Å². The standard InChI is InChI=1S/C16H22N2O6S/c1-3-24-16(19)12-7-6-8-13(11-12)17(2)25(22,23)15-10-5-4-9-14(15)18(20)21/h4-5,9-10,12-13H,3,6-8,11H2,1-2H3/t12-,13+/m0/s1. The monoisotopic (exact) mass is 370 g/mol. The van der Waals surface area contributed by atoms with E-state index >= 15 is 0 Å². The van der Waals surface area contributed by atoms with E-state index in [9.17, 15) is 23.3 Å². The summed E-state index contributed by atoms with van der Waals surface area (Å²) in [5, 5.41) is 11.1. The molecule has 2 rings (SSSR count). The number of sulfonamides is 1. The Balaban J connectivity index is 2.25. The summed E-state index contributed by atoms with van der Waals surface area (Å²) in [5.74, 6) is -0.661. The van der Waals surface area contributed by atoms with Crippen molar-refractivity contribution in [3.05, 3.63) is 34.4 Å². The maximum absolute atomic E-state index is 12.9. The third kappa shape index (κ3) is 4.16. The van der Waals surface area contributed by atoms with Crippen LogP contribution in [0.2, 0.25) is 0 Å². The zero-order valence-corrected chi connectivity index (χ0v) is 15.1. The van der Waals surface area contributed by atoms with Gasteiger partial charge in [0.2, 0.25) is 10.0 Å². The molecule has 25 heavy (non-hydrogen) atoms. The largest absolute Gasteiger partial charge is 0.466 e. The first-order chi connectivity index (χ1) is 11.8. The number of rotatable bonds is 6. The van der Waals surface area contributed by atoms with Crippen molar-refractivity contribution in [1.29, 1.82) is 0 Å². The van der Waals surface area contributed by atoms with Crippen molar-refractivity contribution >= 4 is 21.7 Å². The summed E-state index contributed by atoms with van der Waals surface area (Å²) in [6.45, 7) is 2.01.